The van der Waals surface area contributed by atoms with E-state index in [1.165, 1.54) is 10.5 Å². The smallest absolute Gasteiger partial charge is 0.410 e. The quantitative estimate of drug-likeness (QED) is 0.381. The van der Waals surface area contributed by atoms with Crippen molar-refractivity contribution in [1.29, 1.82) is 0 Å². The minimum absolute atomic E-state index is 0.0154. The molecule has 1 aromatic rings. The van der Waals surface area contributed by atoms with Crippen LogP contribution in [0.2, 0.25) is 18.1 Å². The van der Waals surface area contributed by atoms with Gasteiger partial charge in [0, 0.05) is 11.4 Å². The van der Waals surface area contributed by atoms with Crippen molar-refractivity contribution >= 4 is 26.2 Å². The van der Waals surface area contributed by atoms with E-state index in [0.29, 0.717) is 13.2 Å². The van der Waals surface area contributed by atoms with Gasteiger partial charge in [0.15, 0.2) is 8.32 Å². The highest BCUT2D eigenvalue weighted by atomic mass is 32.2. The first kappa shape index (κ1) is 24.0. The Morgan fingerprint density at radius 2 is 1.79 bits per heavy atom. The van der Waals surface area contributed by atoms with E-state index in [-0.39, 0.29) is 17.2 Å². The SMILES string of the molecule is CC(C)(C)OC(=O)N1C/C(=C/Sc2ccccc2)C[C@H]1CO[Si](C)(C)C(C)(C)C. The Bertz CT molecular complexity index is 720. The molecule has 1 heterocycles. The Morgan fingerprint density at radius 1 is 1.17 bits per heavy atom. The molecule has 1 fully saturated rings. The molecule has 0 bridgehead atoms. The van der Waals surface area contributed by atoms with Crippen molar-refractivity contribution in [3.63, 3.8) is 0 Å². The highest BCUT2D eigenvalue weighted by molar-refractivity contribution is 8.02. The second-order valence-corrected chi connectivity index (χ2v) is 16.0. The highest BCUT2D eigenvalue weighted by Gasteiger charge is 2.40. The van der Waals surface area contributed by atoms with E-state index in [1.54, 1.807) is 11.8 Å². The van der Waals surface area contributed by atoms with E-state index >= 15 is 0 Å². The van der Waals surface area contributed by atoms with Crippen molar-refractivity contribution in [2.45, 2.75) is 82.6 Å². The summed E-state index contributed by atoms with van der Waals surface area (Å²) in [4.78, 5) is 15.9. The van der Waals surface area contributed by atoms with Crippen molar-refractivity contribution in [3.05, 3.63) is 41.3 Å². The maximum Gasteiger partial charge on any atom is 0.410 e. The predicted octanol–water partition coefficient (Wildman–Crippen LogP) is 6.69. The lowest BCUT2D eigenvalue weighted by atomic mass is 10.2. The number of likely N-dealkylation sites (tertiary alicyclic amines) is 1. The van der Waals surface area contributed by atoms with E-state index in [4.69, 9.17) is 9.16 Å². The third-order valence-electron chi connectivity index (χ3n) is 5.49. The number of amides is 1. The Kier molecular flexibility index (Phi) is 7.68. The minimum atomic E-state index is -1.88. The van der Waals surface area contributed by atoms with Crippen LogP contribution in [0.3, 0.4) is 0 Å². The summed E-state index contributed by atoms with van der Waals surface area (Å²) in [5.41, 5.74) is 0.737. The Balaban J connectivity index is 2.12. The van der Waals surface area contributed by atoms with Crippen LogP contribution < -0.4 is 0 Å². The molecule has 0 aliphatic carbocycles. The van der Waals surface area contributed by atoms with Crippen molar-refractivity contribution in [2.24, 2.45) is 0 Å². The number of nitrogens with zero attached hydrogens (tertiary/aromatic N) is 1. The van der Waals surface area contributed by atoms with Gasteiger partial charge < -0.3 is 9.16 Å². The van der Waals surface area contributed by atoms with Crippen molar-refractivity contribution in [1.82, 2.24) is 4.90 Å². The number of rotatable bonds is 5. The number of carbonyl (C=O) groups is 1. The third kappa shape index (κ3) is 7.19. The average Bonchev–Trinajstić information content (AvgIpc) is 3.00. The van der Waals surface area contributed by atoms with E-state index in [2.05, 4.69) is 51.4 Å². The lowest BCUT2D eigenvalue weighted by Gasteiger charge is -2.38. The van der Waals surface area contributed by atoms with Crippen LogP contribution >= 0.6 is 11.8 Å². The summed E-state index contributed by atoms with van der Waals surface area (Å²) in [5, 5.41) is 2.32. The van der Waals surface area contributed by atoms with E-state index < -0.39 is 13.9 Å². The van der Waals surface area contributed by atoms with Crippen LogP contribution in [-0.4, -0.2) is 44.1 Å². The molecule has 0 unspecified atom stereocenters. The van der Waals surface area contributed by atoms with Crippen LogP contribution in [-0.2, 0) is 9.16 Å². The molecule has 0 spiro atoms. The standard InChI is InChI=1S/C23H37NO3SSi/c1-22(2,3)27-21(25)24-15-18(17-28-20-12-10-9-11-13-20)14-19(24)16-26-29(7,8)23(4,5)6/h9-13,17,19H,14-16H2,1-8H3/b18-17+/t19-/m0/s1. The molecule has 1 saturated heterocycles. The van der Waals surface area contributed by atoms with Crippen LogP contribution in [0.5, 0.6) is 0 Å². The first-order valence-corrected chi connectivity index (χ1v) is 14.1. The molecule has 0 aromatic heterocycles. The first-order valence-electron chi connectivity index (χ1n) is 10.3. The second-order valence-electron chi connectivity index (χ2n) is 10.2. The van der Waals surface area contributed by atoms with Gasteiger partial charge in [-0.25, -0.2) is 4.79 Å². The zero-order chi connectivity index (χ0) is 21.9. The molecule has 1 atom stereocenters. The van der Waals surface area contributed by atoms with E-state index in [9.17, 15) is 4.79 Å². The average molecular weight is 436 g/mol. The fourth-order valence-corrected chi connectivity index (χ4v) is 4.60. The van der Waals surface area contributed by atoms with E-state index in [1.807, 2.05) is 43.9 Å². The Morgan fingerprint density at radius 3 is 2.34 bits per heavy atom. The molecule has 1 aliphatic heterocycles. The predicted molar refractivity (Wildman–Crippen MR) is 125 cm³/mol. The summed E-state index contributed by atoms with van der Waals surface area (Å²) in [7, 11) is -1.88. The molecule has 162 valence electrons. The maximum atomic E-state index is 12.8. The van der Waals surface area contributed by atoms with E-state index in [0.717, 1.165) is 6.42 Å². The fraction of sp³-hybridized carbons (Fsp3) is 0.609. The van der Waals surface area contributed by atoms with Crippen LogP contribution in [0.25, 0.3) is 0 Å². The maximum absolute atomic E-state index is 12.8. The number of ether oxygens (including phenoxy) is 1. The highest BCUT2D eigenvalue weighted by Crippen LogP contribution is 2.37. The first-order chi connectivity index (χ1) is 13.3. The molecular weight excluding hydrogens is 398 g/mol. The fourth-order valence-electron chi connectivity index (χ4n) is 2.77. The van der Waals surface area contributed by atoms with Gasteiger partial charge in [0.1, 0.15) is 5.60 Å². The lowest BCUT2D eigenvalue weighted by molar-refractivity contribution is 0.0184. The molecule has 0 radical (unpaired) electrons. The number of hydrogen-bond donors (Lipinski definition) is 0. The van der Waals surface area contributed by atoms with Gasteiger partial charge in [-0.3, -0.25) is 4.90 Å². The van der Waals surface area contributed by atoms with Gasteiger partial charge in [0.2, 0.25) is 0 Å². The topological polar surface area (TPSA) is 38.8 Å². The largest absolute Gasteiger partial charge is 0.444 e. The van der Waals surface area contributed by atoms with Gasteiger partial charge in [-0.2, -0.15) is 0 Å². The van der Waals surface area contributed by atoms with Gasteiger partial charge >= 0.3 is 6.09 Å². The Labute approximate surface area is 182 Å². The van der Waals surface area contributed by atoms with Gasteiger partial charge in [0.25, 0.3) is 0 Å². The van der Waals surface area contributed by atoms with Crippen molar-refractivity contribution in [3.8, 4) is 0 Å². The monoisotopic (exact) mass is 435 g/mol. The summed E-state index contributed by atoms with van der Waals surface area (Å²) in [6.45, 7) is 18.1. The van der Waals surface area contributed by atoms with Gasteiger partial charge in [-0.15, -0.1) is 0 Å². The number of carbonyl (C=O) groups excluding carboxylic acids is 1. The summed E-state index contributed by atoms with van der Waals surface area (Å²) in [6.07, 6.45) is 0.572. The zero-order valence-electron chi connectivity index (χ0n) is 19.2. The molecular formula is C23H37NO3SSi. The van der Waals surface area contributed by atoms with Crippen molar-refractivity contribution < 1.29 is 14.0 Å². The van der Waals surface area contributed by atoms with Crippen LogP contribution in [0.15, 0.2) is 46.2 Å². The summed E-state index contributed by atoms with van der Waals surface area (Å²) < 4.78 is 12.1. The van der Waals surface area contributed by atoms with Gasteiger partial charge in [-0.1, -0.05) is 50.7 Å². The second kappa shape index (κ2) is 9.27. The molecule has 4 nitrogen and oxygen atoms in total. The summed E-state index contributed by atoms with van der Waals surface area (Å²) in [6, 6.07) is 10.3. The number of thioether (sulfide) groups is 1. The molecule has 1 aromatic carbocycles. The van der Waals surface area contributed by atoms with Crippen molar-refractivity contribution in [2.75, 3.05) is 13.2 Å². The normalized spacial score (nSPS) is 19.7. The molecule has 1 amide bonds. The van der Waals surface area contributed by atoms with Gasteiger partial charge in [0.05, 0.1) is 12.6 Å². The zero-order valence-corrected chi connectivity index (χ0v) is 21.1. The lowest BCUT2D eigenvalue weighted by Crippen LogP contribution is -2.46. The Hall–Kier alpha value is -1.24. The molecule has 0 N–H and O–H groups in total. The molecule has 6 heteroatoms. The van der Waals surface area contributed by atoms with Gasteiger partial charge in [-0.05, 0) is 68.4 Å². The molecule has 2 rings (SSSR count). The summed E-state index contributed by atoms with van der Waals surface area (Å²) in [5.74, 6) is 0. The molecule has 0 saturated carbocycles. The van der Waals surface area contributed by atoms with Crippen LogP contribution in [0.4, 0.5) is 4.79 Å². The molecule has 1 aliphatic rings. The molecule has 29 heavy (non-hydrogen) atoms. The van der Waals surface area contributed by atoms with Crippen LogP contribution in [0.1, 0.15) is 48.0 Å². The third-order valence-corrected chi connectivity index (χ3v) is 11.0. The number of hydrogen-bond acceptors (Lipinski definition) is 4. The minimum Gasteiger partial charge on any atom is -0.444 e. The summed E-state index contributed by atoms with van der Waals surface area (Å²) >= 11 is 1.70. The van der Waals surface area contributed by atoms with Crippen LogP contribution in [0, 0.1) is 0 Å². The number of benzene rings is 1.